The molecule has 0 aromatic heterocycles. The monoisotopic (exact) mass is 273 g/mol. The van der Waals surface area contributed by atoms with Crippen LogP contribution in [0.1, 0.15) is 32.8 Å². The summed E-state index contributed by atoms with van der Waals surface area (Å²) in [6, 6.07) is 8.57. The van der Waals surface area contributed by atoms with E-state index in [0.29, 0.717) is 17.8 Å². The number of anilines is 1. The van der Waals surface area contributed by atoms with Crippen LogP contribution in [0.25, 0.3) is 0 Å². The lowest BCUT2D eigenvalue weighted by Crippen LogP contribution is -2.45. The Bertz CT molecular complexity index is 544. The smallest absolute Gasteiger partial charge is 0.239 e. The number of carbonyl (C=O) groups is 2. The van der Waals surface area contributed by atoms with E-state index in [2.05, 4.69) is 10.6 Å². The highest BCUT2D eigenvalue weighted by molar-refractivity contribution is 6.09. The zero-order chi connectivity index (χ0) is 15.2. The molecule has 0 bridgehead atoms. The molecular formula is C15H19N3O2. The molecular weight excluding hydrogens is 254 g/mol. The van der Waals surface area contributed by atoms with Crippen LogP contribution in [0.5, 0.6) is 0 Å². The second-order valence-corrected chi connectivity index (χ2v) is 5.03. The predicted octanol–water partition coefficient (Wildman–Crippen LogP) is 2.05. The molecule has 5 heteroatoms. The number of amides is 2. The molecule has 0 aliphatic carbocycles. The number of hydrogen-bond donors (Lipinski definition) is 2. The molecule has 0 saturated carbocycles. The van der Waals surface area contributed by atoms with Crippen molar-refractivity contribution < 1.29 is 9.59 Å². The average molecular weight is 273 g/mol. The Kier molecular flexibility index (Phi) is 5.27. The van der Waals surface area contributed by atoms with E-state index in [4.69, 9.17) is 5.26 Å². The third kappa shape index (κ3) is 3.82. The second-order valence-electron chi connectivity index (χ2n) is 5.03. The van der Waals surface area contributed by atoms with Crippen LogP contribution in [0.4, 0.5) is 5.69 Å². The molecule has 0 atom stereocenters. The summed E-state index contributed by atoms with van der Waals surface area (Å²) in [6.45, 7) is 5.63. The fourth-order valence-corrected chi connectivity index (χ4v) is 1.52. The highest BCUT2D eigenvalue weighted by Gasteiger charge is 2.35. The molecule has 5 nitrogen and oxygen atoms in total. The van der Waals surface area contributed by atoms with Crippen LogP contribution in [-0.4, -0.2) is 18.4 Å². The molecule has 20 heavy (non-hydrogen) atoms. The van der Waals surface area contributed by atoms with Crippen LogP contribution in [-0.2, 0) is 9.59 Å². The second kappa shape index (κ2) is 6.71. The van der Waals surface area contributed by atoms with Crippen LogP contribution >= 0.6 is 0 Å². The minimum absolute atomic E-state index is 0.312. The molecule has 0 saturated heterocycles. The first-order chi connectivity index (χ1) is 9.41. The number of hydrogen-bond acceptors (Lipinski definition) is 3. The third-order valence-electron chi connectivity index (χ3n) is 2.92. The van der Waals surface area contributed by atoms with Gasteiger partial charge in [0.25, 0.3) is 0 Å². The lowest BCUT2D eigenvalue weighted by Gasteiger charge is -2.22. The van der Waals surface area contributed by atoms with Gasteiger partial charge in [0.1, 0.15) is 5.41 Å². The summed E-state index contributed by atoms with van der Waals surface area (Å²) in [5, 5.41) is 14.2. The molecule has 2 amide bonds. The van der Waals surface area contributed by atoms with Crippen molar-refractivity contribution in [1.82, 2.24) is 5.32 Å². The van der Waals surface area contributed by atoms with Crippen molar-refractivity contribution in [2.24, 2.45) is 5.41 Å². The Morgan fingerprint density at radius 1 is 1.30 bits per heavy atom. The van der Waals surface area contributed by atoms with Gasteiger partial charge in [0.2, 0.25) is 11.8 Å². The van der Waals surface area contributed by atoms with Gasteiger partial charge >= 0.3 is 0 Å². The molecule has 0 unspecified atom stereocenters. The summed E-state index contributed by atoms with van der Waals surface area (Å²) in [6.07, 6.45) is 0.813. The summed E-state index contributed by atoms with van der Waals surface area (Å²) in [5.41, 5.74) is -0.209. The molecule has 0 aliphatic heterocycles. The van der Waals surface area contributed by atoms with Crippen LogP contribution in [0, 0.1) is 16.7 Å². The van der Waals surface area contributed by atoms with Gasteiger partial charge in [0, 0.05) is 12.2 Å². The number of carbonyl (C=O) groups excluding carboxylic acids is 2. The zero-order valence-electron chi connectivity index (χ0n) is 12.0. The number of nitrogens with one attached hydrogen (secondary N) is 2. The van der Waals surface area contributed by atoms with Gasteiger partial charge in [-0.2, -0.15) is 5.26 Å². The summed E-state index contributed by atoms with van der Waals surface area (Å²) >= 11 is 0. The van der Waals surface area contributed by atoms with Gasteiger partial charge in [-0.05, 0) is 38.5 Å². The first-order valence-corrected chi connectivity index (χ1v) is 6.51. The van der Waals surface area contributed by atoms with Crippen LogP contribution < -0.4 is 10.6 Å². The summed E-state index contributed by atoms with van der Waals surface area (Å²) < 4.78 is 0. The Balaban J connectivity index is 2.78. The summed E-state index contributed by atoms with van der Waals surface area (Å²) in [7, 11) is 0. The number of nitrogens with zero attached hydrogens (tertiary/aromatic N) is 1. The highest BCUT2D eigenvalue weighted by Crippen LogP contribution is 2.19. The number of rotatable bonds is 5. The lowest BCUT2D eigenvalue weighted by molar-refractivity contribution is -0.138. The van der Waals surface area contributed by atoms with Crippen molar-refractivity contribution in [2.45, 2.75) is 27.2 Å². The average Bonchev–Trinajstić information content (AvgIpc) is 2.44. The van der Waals surface area contributed by atoms with Gasteiger partial charge < -0.3 is 10.6 Å². The van der Waals surface area contributed by atoms with Gasteiger partial charge in [-0.3, -0.25) is 9.59 Å². The molecule has 2 N–H and O–H groups in total. The minimum Gasteiger partial charge on any atom is -0.355 e. The molecule has 1 aromatic rings. The number of benzene rings is 1. The molecule has 0 spiro atoms. The molecule has 0 aliphatic rings. The van der Waals surface area contributed by atoms with Crippen LogP contribution in [0.2, 0.25) is 0 Å². The van der Waals surface area contributed by atoms with Crippen molar-refractivity contribution in [3.8, 4) is 6.07 Å². The Hall–Kier alpha value is -2.35. The van der Waals surface area contributed by atoms with Crippen molar-refractivity contribution in [3.05, 3.63) is 29.8 Å². The van der Waals surface area contributed by atoms with Crippen molar-refractivity contribution >= 4 is 17.5 Å². The third-order valence-corrected chi connectivity index (χ3v) is 2.92. The molecule has 0 radical (unpaired) electrons. The van der Waals surface area contributed by atoms with E-state index in [1.807, 2.05) is 13.0 Å². The SMILES string of the molecule is CCCNC(=O)C(C)(C)C(=O)Nc1cccc(C#N)c1. The Labute approximate surface area is 119 Å². The maximum absolute atomic E-state index is 12.2. The van der Waals surface area contributed by atoms with E-state index >= 15 is 0 Å². The Morgan fingerprint density at radius 3 is 2.60 bits per heavy atom. The molecule has 0 fully saturated rings. The molecule has 0 heterocycles. The van der Waals surface area contributed by atoms with Crippen molar-refractivity contribution in [1.29, 1.82) is 5.26 Å². The van der Waals surface area contributed by atoms with Gasteiger partial charge in [0.15, 0.2) is 0 Å². The molecule has 106 valence electrons. The maximum Gasteiger partial charge on any atom is 0.239 e. The largest absolute Gasteiger partial charge is 0.355 e. The standard InChI is InChI=1S/C15H19N3O2/c1-4-8-17-13(19)15(2,3)14(20)18-12-7-5-6-11(9-12)10-16/h5-7,9H,4,8H2,1-3H3,(H,17,19)(H,18,20). The molecule has 1 aromatic carbocycles. The highest BCUT2D eigenvalue weighted by atomic mass is 16.2. The quantitative estimate of drug-likeness (QED) is 0.805. The van der Waals surface area contributed by atoms with Gasteiger partial charge in [-0.25, -0.2) is 0 Å². The number of nitriles is 1. The first kappa shape index (κ1) is 15.7. The van der Waals surface area contributed by atoms with Crippen LogP contribution in [0.3, 0.4) is 0 Å². The van der Waals surface area contributed by atoms with Crippen LogP contribution in [0.15, 0.2) is 24.3 Å². The summed E-state index contributed by atoms with van der Waals surface area (Å²) in [5.74, 6) is -0.713. The maximum atomic E-state index is 12.2. The topological polar surface area (TPSA) is 82.0 Å². The lowest BCUT2D eigenvalue weighted by atomic mass is 9.91. The van der Waals surface area contributed by atoms with E-state index in [1.54, 1.807) is 38.1 Å². The van der Waals surface area contributed by atoms with Crippen molar-refractivity contribution in [3.63, 3.8) is 0 Å². The summed E-state index contributed by atoms with van der Waals surface area (Å²) in [4.78, 5) is 24.1. The van der Waals surface area contributed by atoms with Gasteiger partial charge in [-0.15, -0.1) is 0 Å². The van der Waals surface area contributed by atoms with Crippen molar-refractivity contribution in [2.75, 3.05) is 11.9 Å². The van der Waals surface area contributed by atoms with Gasteiger partial charge in [0.05, 0.1) is 11.6 Å². The predicted molar refractivity (Wildman–Crippen MR) is 76.9 cm³/mol. The minimum atomic E-state index is -1.17. The van der Waals surface area contributed by atoms with Gasteiger partial charge in [-0.1, -0.05) is 13.0 Å². The fourth-order valence-electron chi connectivity index (χ4n) is 1.52. The normalized spacial score (nSPS) is 10.5. The van der Waals surface area contributed by atoms with E-state index in [1.165, 1.54) is 0 Å². The van der Waals surface area contributed by atoms with E-state index < -0.39 is 11.3 Å². The molecule has 1 rings (SSSR count). The first-order valence-electron chi connectivity index (χ1n) is 6.51. The Morgan fingerprint density at radius 2 is 2.00 bits per heavy atom. The van der Waals surface area contributed by atoms with E-state index in [0.717, 1.165) is 6.42 Å². The van der Waals surface area contributed by atoms with E-state index in [-0.39, 0.29) is 5.91 Å². The van der Waals surface area contributed by atoms with E-state index in [9.17, 15) is 9.59 Å². The fraction of sp³-hybridized carbons (Fsp3) is 0.400. The zero-order valence-corrected chi connectivity index (χ0v) is 12.0.